The Morgan fingerprint density at radius 3 is 2.64 bits per heavy atom. The van der Waals surface area contributed by atoms with Crippen LogP contribution in [0.1, 0.15) is 31.8 Å². The molecular weight excluding hydrogens is 182 g/mol. The molecule has 0 heterocycles. The first-order valence-electron chi connectivity index (χ1n) is 3.83. The van der Waals surface area contributed by atoms with Gasteiger partial charge in [0, 0.05) is 5.56 Å². The number of rotatable bonds is 2. The van der Waals surface area contributed by atoms with Gasteiger partial charge in [0.05, 0.1) is 17.2 Å². The molecule has 0 saturated carbocycles. The number of carbonyl (C=O) groups is 2. The molecule has 0 unspecified atom stereocenters. The van der Waals surface area contributed by atoms with Gasteiger partial charge in [-0.25, -0.2) is 4.79 Å². The van der Waals surface area contributed by atoms with Gasteiger partial charge in [0.25, 0.3) is 0 Å². The maximum absolute atomic E-state index is 10.7. The molecule has 1 N–H and O–H groups in total. The van der Waals surface area contributed by atoms with Crippen molar-refractivity contribution >= 4 is 12.3 Å². The molecule has 1 aromatic rings. The summed E-state index contributed by atoms with van der Waals surface area (Å²) in [4.78, 5) is 21.3. The average molecular weight is 189 g/mol. The van der Waals surface area contributed by atoms with E-state index in [4.69, 9.17) is 10.4 Å². The van der Waals surface area contributed by atoms with Crippen molar-refractivity contribution in [1.82, 2.24) is 0 Å². The van der Waals surface area contributed by atoms with E-state index in [9.17, 15) is 9.59 Å². The van der Waals surface area contributed by atoms with Gasteiger partial charge < -0.3 is 5.11 Å². The predicted octanol–water partition coefficient (Wildman–Crippen LogP) is 1.38. The lowest BCUT2D eigenvalue weighted by Gasteiger charge is -2.03. The Morgan fingerprint density at radius 1 is 1.57 bits per heavy atom. The molecule has 0 aliphatic carbocycles. The van der Waals surface area contributed by atoms with Crippen molar-refractivity contribution in [2.24, 2.45) is 0 Å². The molecule has 0 aromatic heterocycles. The van der Waals surface area contributed by atoms with E-state index >= 15 is 0 Å². The van der Waals surface area contributed by atoms with Crippen molar-refractivity contribution < 1.29 is 14.7 Å². The molecule has 0 atom stereocenters. The minimum Gasteiger partial charge on any atom is -0.478 e. The van der Waals surface area contributed by atoms with Crippen LogP contribution in [0.3, 0.4) is 0 Å². The molecule has 1 rings (SSSR count). The van der Waals surface area contributed by atoms with Crippen LogP contribution in [0, 0.1) is 18.3 Å². The summed E-state index contributed by atoms with van der Waals surface area (Å²) in [6.45, 7) is 1.54. The van der Waals surface area contributed by atoms with Gasteiger partial charge in [-0.3, -0.25) is 4.79 Å². The van der Waals surface area contributed by atoms with E-state index < -0.39 is 5.97 Å². The molecule has 0 aliphatic rings. The number of nitrogens with zero attached hydrogens (tertiary/aromatic N) is 1. The number of carbonyl (C=O) groups excluding carboxylic acids is 1. The Balaban J connectivity index is 3.51. The van der Waals surface area contributed by atoms with Gasteiger partial charge in [0.15, 0.2) is 0 Å². The molecule has 0 radical (unpaired) electrons. The second-order valence-corrected chi connectivity index (χ2v) is 2.77. The molecule has 4 heteroatoms. The maximum atomic E-state index is 10.7. The van der Waals surface area contributed by atoms with Crippen molar-refractivity contribution in [2.45, 2.75) is 6.92 Å². The van der Waals surface area contributed by atoms with Crippen LogP contribution in [-0.2, 0) is 0 Å². The minimum atomic E-state index is -1.14. The largest absolute Gasteiger partial charge is 0.478 e. The molecule has 0 spiro atoms. The fraction of sp³-hybridized carbons (Fsp3) is 0.100. The molecule has 70 valence electrons. The van der Waals surface area contributed by atoms with Crippen LogP contribution in [0.5, 0.6) is 0 Å². The summed E-state index contributed by atoms with van der Waals surface area (Å²) in [5.41, 5.74) is 0.786. The normalized spacial score (nSPS) is 9.14. The second kappa shape index (κ2) is 3.71. The zero-order valence-corrected chi connectivity index (χ0v) is 7.44. The second-order valence-electron chi connectivity index (χ2n) is 2.77. The number of nitriles is 1. The maximum Gasteiger partial charge on any atom is 0.336 e. The summed E-state index contributed by atoms with van der Waals surface area (Å²) >= 11 is 0. The molecule has 0 bridgehead atoms. The van der Waals surface area contributed by atoms with Crippen LogP contribution in [0.2, 0.25) is 0 Å². The zero-order valence-electron chi connectivity index (χ0n) is 7.44. The lowest BCUT2D eigenvalue weighted by atomic mass is 10.00. The third-order valence-electron chi connectivity index (χ3n) is 1.93. The van der Waals surface area contributed by atoms with E-state index in [0.29, 0.717) is 11.8 Å². The average Bonchev–Trinajstić information content (AvgIpc) is 2.17. The minimum absolute atomic E-state index is 0.00819. The number of benzene rings is 1. The standard InChI is InChI=1S/C10H7NO3/c1-6-8(5-12)2-7(4-11)3-9(6)10(13)14/h2-3,5H,1H3,(H,13,14). The van der Waals surface area contributed by atoms with Crippen LogP contribution in [0.25, 0.3) is 0 Å². The van der Waals surface area contributed by atoms with Crippen LogP contribution < -0.4 is 0 Å². The Kier molecular flexibility index (Phi) is 2.63. The number of hydrogen-bond donors (Lipinski definition) is 1. The van der Waals surface area contributed by atoms with Crippen molar-refractivity contribution in [1.29, 1.82) is 5.26 Å². The van der Waals surface area contributed by atoms with Gasteiger partial charge in [0.1, 0.15) is 6.29 Å². The Bertz CT molecular complexity index is 443. The number of hydrogen-bond acceptors (Lipinski definition) is 3. The molecule has 14 heavy (non-hydrogen) atoms. The van der Waals surface area contributed by atoms with Gasteiger partial charge in [-0.05, 0) is 24.6 Å². The fourth-order valence-electron chi connectivity index (χ4n) is 1.15. The topological polar surface area (TPSA) is 78.2 Å². The Hall–Kier alpha value is -2.15. The highest BCUT2D eigenvalue weighted by Crippen LogP contribution is 2.15. The summed E-state index contributed by atoms with van der Waals surface area (Å²) in [5.74, 6) is -1.14. The summed E-state index contributed by atoms with van der Waals surface area (Å²) in [6.07, 6.45) is 0.544. The van der Waals surface area contributed by atoms with E-state index in [1.54, 1.807) is 6.07 Å². The van der Waals surface area contributed by atoms with Crippen molar-refractivity contribution in [3.63, 3.8) is 0 Å². The SMILES string of the molecule is Cc1c(C=O)cc(C#N)cc1C(=O)O. The van der Waals surface area contributed by atoms with Crippen LogP contribution in [0.4, 0.5) is 0 Å². The number of aldehydes is 1. The first-order valence-corrected chi connectivity index (χ1v) is 3.83. The molecule has 0 aliphatic heterocycles. The number of aromatic carboxylic acids is 1. The van der Waals surface area contributed by atoms with Gasteiger partial charge in [-0.1, -0.05) is 0 Å². The van der Waals surface area contributed by atoms with E-state index in [0.717, 1.165) is 0 Å². The summed E-state index contributed by atoms with van der Waals surface area (Å²) in [6, 6.07) is 4.43. The van der Waals surface area contributed by atoms with Gasteiger partial charge in [0.2, 0.25) is 0 Å². The number of carboxylic acids is 1. The van der Waals surface area contributed by atoms with E-state index in [2.05, 4.69) is 0 Å². The quantitative estimate of drug-likeness (QED) is 0.713. The van der Waals surface area contributed by atoms with Crippen LogP contribution >= 0.6 is 0 Å². The summed E-state index contributed by atoms with van der Waals surface area (Å²) in [7, 11) is 0. The highest BCUT2D eigenvalue weighted by molar-refractivity contribution is 5.93. The van der Waals surface area contributed by atoms with Crippen molar-refractivity contribution in [3.8, 4) is 6.07 Å². The fourth-order valence-corrected chi connectivity index (χ4v) is 1.15. The smallest absolute Gasteiger partial charge is 0.336 e. The summed E-state index contributed by atoms with van der Waals surface area (Å²) in [5, 5.41) is 17.4. The highest BCUT2D eigenvalue weighted by Gasteiger charge is 2.12. The monoisotopic (exact) mass is 189 g/mol. The van der Waals surface area contributed by atoms with Gasteiger partial charge in [-0.15, -0.1) is 0 Å². The Labute approximate surface area is 80.4 Å². The van der Waals surface area contributed by atoms with Crippen molar-refractivity contribution in [3.05, 3.63) is 34.4 Å². The molecule has 0 fully saturated rings. The van der Waals surface area contributed by atoms with Crippen LogP contribution in [-0.4, -0.2) is 17.4 Å². The molecular formula is C10H7NO3. The van der Waals surface area contributed by atoms with E-state index in [1.807, 2.05) is 0 Å². The van der Waals surface area contributed by atoms with Crippen molar-refractivity contribution in [2.75, 3.05) is 0 Å². The number of carboxylic acid groups (broad SMARTS) is 1. The van der Waals surface area contributed by atoms with Gasteiger partial charge >= 0.3 is 5.97 Å². The lowest BCUT2D eigenvalue weighted by Crippen LogP contribution is -2.03. The summed E-state index contributed by atoms with van der Waals surface area (Å²) < 4.78 is 0. The van der Waals surface area contributed by atoms with Crippen LogP contribution in [0.15, 0.2) is 12.1 Å². The zero-order chi connectivity index (χ0) is 10.7. The highest BCUT2D eigenvalue weighted by atomic mass is 16.4. The Morgan fingerprint density at radius 2 is 2.21 bits per heavy atom. The first kappa shape index (κ1) is 9.93. The first-order chi connectivity index (χ1) is 6.60. The molecule has 0 saturated heterocycles. The third kappa shape index (κ3) is 1.62. The third-order valence-corrected chi connectivity index (χ3v) is 1.93. The molecule has 1 aromatic carbocycles. The lowest BCUT2D eigenvalue weighted by molar-refractivity contribution is 0.0696. The van der Waals surface area contributed by atoms with E-state index in [1.165, 1.54) is 19.1 Å². The van der Waals surface area contributed by atoms with E-state index in [-0.39, 0.29) is 16.7 Å². The predicted molar refractivity (Wildman–Crippen MR) is 48.2 cm³/mol. The molecule has 4 nitrogen and oxygen atoms in total. The van der Waals surface area contributed by atoms with Gasteiger partial charge in [-0.2, -0.15) is 5.26 Å². The molecule has 0 amide bonds.